The molecule has 0 saturated heterocycles. The van der Waals surface area contributed by atoms with Crippen molar-refractivity contribution in [2.75, 3.05) is 6.54 Å². The lowest BCUT2D eigenvalue weighted by Gasteiger charge is -2.20. The van der Waals surface area contributed by atoms with E-state index in [1.165, 1.54) is 12.1 Å². The number of hydrogen-bond donors (Lipinski definition) is 2. The molecule has 0 heterocycles. The second-order valence-corrected chi connectivity index (χ2v) is 5.34. The molecule has 0 aromatic heterocycles. The van der Waals surface area contributed by atoms with Gasteiger partial charge in [0.2, 0.25) is 5.91 Å². The number of carbonyl (C=O) groups excluding carboxylic acids is 1. The van der Waals surface area contributed by atoms with Crippen molar-refractivity contribution in [1.29, 1.82) is 0 Å². The molecule has 4 heteroatoms. The molecule has 19 heavy (non-hydrogen) atoms. The zero-order valence-electron chi connectivity index (χ0n) is 11.8. The molecular weight excluding hydrogens is 243 g/mol. The standard InChI is InChI=1S/C15H23FN2O/c1-10(2)8-13(9-17)15(19)18-11(3)12-4-6-14(16)7-5-12/h4-7,10-11,13H,8-9,17H2,1-3H3,(H,18,19). The molecule has 0 spiro atoms. The van der Waals surface area contributed by atoms with Gasteiger partial charge >= 0.3 is 0 Å². The molecule has 0 aliphatic rings. The highest BCUT2D eigenvalue weighted by atomic mass is 19.1. The van der Waals surface area contributed by atoms with Crippen molar-refractivity contribution in [1.82, 2.24) is 5.32 Å². The molecule has 2 atom stereocenters. The Bertz CT molecular complexity index is 403. The number of rotatable bonds is 6. The maximum Gasteiger partial charge on any atom is 0.224 e. The summed E-state index contributed by atoms with van der Waals surface area (Å²) in [6, 6.07) is 6.01. The summed E-state index contributed by atoms with van der Waals surface area (Å²) in [4.78, 5) is 12.1. The SMILES string of the molecule is CC(C)CC(CN)C(=O)NC(C)c1ccc(F)cc1. The molecule has 3 nitrogen and oxygen atoms in total. The molecule has 0 bridgehead atoms. The van der Waals surface area contributed by atoms with Gasteiger partial charge in [0.05, 0.1) is 12.0 Å². The Morgan fingerprint density at radius 1 is 1.26 bits per heavy atom. The summed E-state index contributed by atoms with van der Waals surface area (Å²) in [5.41, 5.74) is 6.53. The minimum Gasteiger partial charge on any atom is -0.349 e. The monoisotopic (exact) mass is 266 g/mol. The van der Waals surface area contributed by atoms with Gasteiger partial charge in [-0.15, -0.1) is 0 Å². The molecule has 0 radical (unpaired) electrons. The molecule has 1 aromatic rings. The average molecular weight is 266 g/mol. The molecule has 0 saturated carbocycles. The first-order valence-corrected chi connectivity index (χ1v) is 6.70. The number of carbonyl (C=O) groups is 1. The van der Waals surface area contributed by atoms with Gasteiger partial charge < -0.3 is 11.1 Å². The minimum absolute atomic E-state index is 0.0342. The van der Waals surface area contributed by atoms with Crippen molar-refractivity contribution in [3.63, 3.8) is 0 Å². The normalized spacial score (nSPS) is 14.2. The molecular formula is C15H23FN2O. The van der Waals surface area contributed by atoms with Crippen molar-refractivity contribution in [2.24, 2.45) is 17.6 Å². The summed E-state index contributed by atoms with van der Waals surface area (Å²) >= 11 is 0. The maximum atomic E-state index is 12.8. The average Bonchev–Trinajstić information content (AvgIpc) is 2.36. The van der Waals surface area contributed by atoms with Crippen molar-refractivity contribution in [3.8, 4) is 0 Å². The zero-order chi connectivity index (χ0) is 14.4. The van der Waals surface area contributed by atoms with Crippen molar-refractivity contribution < 1.29 is 9.18 Å². The summed E-state index contributed by atoms with van der Waals surface area (Å²) in [6.07, 6.45) is 0.776. The van der Waals surface area contributed by atoms with E-state index in [4.69, 9.17) is 5.73 Å². The van der Waals surface area contributed by atoms with Crippen molar-refractivity contribution in [3.05, 3.63) is 35.6 Å². The molecule has 106 valence electrons. The summed E-state index contributed by atoms with van der Waals surface area (Å²) in [6.45, 7) is 6.37. The first-order valence-electron chi connectivity index (χ1n) is 6.70. The van der Waals surface area contributed by atoms with E-state index in [1.807, 2.05) is 6.92 Å². The van der Waals surface area contributed by atoms with Crippen LogP contribution < -0.4 is 11.1 Å². The molecule has 2 unspecified atom stereocenters. The van der Waals surface area contributed by atoms with Crippen LogP contribution in [0.4, 0.5) is 4.39 Å². The van der Waals surface area contributed by atoms with Gasteiger partial charge in [-0.2, -0.15) is 0 Å². The third kappa shape index (κ3) is 4.99. The summed E-state index contributed by atoms with van der Waals surface area (Å²) in [5, 5.41) is 2.93. The predicted molar refractivity (Wildman–Crippen MR) is 75.0 cm³/mol. The van der Waals surface area contributed by atoms with Gasteiger partial charge in [-0.05, 0) is 37.0 Å². The summed E-state index contributed by atoms with van der Waals surface area (Å²) in [7, 11) is 0. The Labute approximate surface area is 114 Å². The molecule has 0 aliphatic heterocycles. The van der Waals surface area contributed by atoms with E-state index >= 15 is 0 Å². The highest BCUT2D eigenvalue weighted by Gasteiger charge is 2.20. The van der Waals surface area contributed by atoms with Crippen LogP contribution >= 0.6 is 0 Å². The maximum absolute atomic E-state index is 12.8. The molecule has 1 aromatic carbocycles. The van der Waals surface area contributed by atoms with Crippen LogP contribution in [0.25, 0.3) is 0 Å². The van der Waals surface area contributed by atoms with Gasteiger partial charge in [-0.1, -0.05) is 26.0 Å². The number of halogens is 1. The van der Waals surface area contributed by atoms with E-state index in [-0.39, 0.29) is 23.7 Å². The Hall–Kier alpha value is -1.42. The lowest BCUT2D eigenvalue weighted by molar-refractivity contribution is -0.125. The summed E-state index contributed by atoms with van der Waals surface area (Å²) in [5.74, 6) is -0.0433. The van der Waals surface area contributed by atoms with E-state index in [9.17, 15) is 9.18 Å². The number of nitrogens with two attached hydrogens (primary N) is 1. The Kier molecular flexibility index (Phi) is 5.96. The molecule has 3 N–H and O–H groups in total. The highest BCUT2D eigenvalue weighted by Crippen LogP contribution is 2.16. The topological polar surface area (TPSA) is 55.1 Å². The van der Waals surface area contributed by atoms with E-state index in [0.29, 0.717) is 12.5 Å². The van der Waals surface area contributed by atoms with Crippen LogP contribution in [-0.2, 0) is 4.79 Å². The third-order valence-electron chi connectivity index (χ3n) is 3.14. The quantitative estimate of drug-likeness (QED) is 0.831. The van der Waals surface area contributed by atoms with Gasteiger partial charge in [-0.3, -0.25) is 4.79 Å². The van der Waals surface area contributed by atoms with Gasteiger partial charge in [-0.25, -0.2) is 4.39 Å². The van der Waals surface area contributed by atoms with Gasteiger partial charge in [0.1, 0.15) is 5.82 Å². The number of hydrogen-bond acceptors (Lipinski definition) is 2. The smallest absolute Gasteiger partial charge is 0.224 e. The van der Waals surface area contributed by atoms with Crippen LogP contribution in [0.5, 0.6) is 0 Å². The fourth-order valence-corrected chi connectivity index (χ4v) is 2.05. The fraction of sp³-hybridized carbons (Fsp3) is 0.533. The lowest BCUT2D eigenvalue weighted by Crippen LogP contribution is -2.37. The molecule has 1 rings (SSSR count). The number of benzene rings is 1. The first kappa shape index (κ1) is 15.6. The van der Waals surface area contributed by atoms with Gasteiger partial charge in [0.15, 0.2) is 0 Å². The van der Waals surface area contributed by atoms with Crippen LogP contribution in [0, 0.1) is 17.7 Å². The molecule has 1 amide bonds. The second kappa shape index (κ2) is 7.24. The van der Waals surface area contributed by atoms with E-state index in [1.54, 1.807) is 12.1 Å². The lowest BCUT2D eigenvalue weighted by atomic mass is 9.96. The van der Waals surface area contributed by atoms with Crippen LogP contribution in [0.1, 0.15) is 38.8 Å². The molecule has 0 aliphatic carbocycles. The van der Waals surface area contributed by atoms with Crippen LogP contribution in [0.15, 0.2) is 24.3 Å². The van der Waals surface area contributed by atoms with E-state index in [0.717, 1.165) is 12.0 Å². The van der Waals surface area contributed by atoms with Crippen LogP contribution in [0.2, 0.25) is 0 Å². The third-order valence-corrected chi connectivity index (χ3v) is 3.14. The van der Waals surface area contributed by atoms with Crippen molar-refractivity contribution >= 4 is 5.91 Å². The Morgan fingerprint density at radius 2 is 1.84 bits per heavy atom. The summed E-state index contributed by atoms with van der Waals surface area (Å²) < 4.78 is 12.8. The zero-order valence-corrected chi connectivity index (χ0v) is 11.8. The largest absolute Gasteiger partial charge is 0.349 e. The Balaban J connectivity index is 2.62. The number of nitrogens with one attached hydrogen (secondary N) is 1. The second-order valence-electron chi connectivity index (χ2n) is 5.34. The number of amides is 1. The van der Waals surface area contributed by atoms with Crippen LogP contribution in [-0.4, -0.2) is 12.5 Å². The van der Waals surface area contributed by atoms with Crippen LogP contribution in [0.3, 0.4) is 0 Å². The Morgan fingerprint density at radius 3 is 2.32 bits per heavy atom. The first-order chi connectivity index (χ1) is 8.93. The highest BCUT2D eigenvalue weighted by molar-refractivity contribution is 5.79. The van der Waals surface area contributed by atoms with Gasteiger partial charge in [0.25, 0.3) is 0 Å². The molecule has 0 fully saturated rings. The fourth-order valence-electron chi connectivity index (χ4n) is 2.05. The van der Waals surface area contributed by atoms with Gasteiger partial charge in [0, 0.05) is 6.54 Å². The minimum atomic E-state index is -0.276. The predicted octanol–water partition coefficient (Wildman–Crippen LogP) is 2.62. The van der Waals surface area contributed by atoms with E-state index < -0.39 is 0 Å². The van der Waals surface area contributed by atoms with Crippen molar-refractivity contribution in [2.45, 2.75) is 33.2 Å². The van der Waals surface area contributed by atoms with E-state index in [2.05, 4.69) is 19.2 Å².